The molecular formula is C13H24N6O2. The van der Waals surface area contributed by atoms with E-state index in [1.165, 1.54) is 0 Å². The van der Waals surface area contributed by atoms with Gasteiger partial charge < -0.3 is 26.8 Å². The number of nitrogens with one attached hydrogen (secondary N) is 2. The van der Waals surface area contributed by atoms with E-state index >= 15 is 0 Å². The Morgan fingerprint density at radius 1 is 1.48 bits per heavy atom. The van der Waals surface area contributed by atoms with E-state index in [2.05, 4.69) is 20.6 Å². The van der Waals surface area contributed by atoms with Gasteiger partial charge in [-0.3, -0.25) is 0 Å². The molecular weight excluding hydrogens is 272 g/mol. The molecule has 1 aromatic rings. The molecule has 1 rings (SSSR count). The molecule has 1 unspecified atom stereocenters. The fourth-order valence-corrected chi connectivity index (χ4v) is 1.58. The standard InChI is InChI=1S/C13H24N6O2/c1-8(21-11(15)20)5-6-16-10-9(14)7-17-12(18-10)19-13(2,3)4/h7-8H,5-6,14H2,1-4H3,(H2,15,20)(H2,16,17,18,19). The molecule has 0 bridgehead atoms. The molecule has 1 aromatic heterocycles. The maximum Gasteiger partial charge on any atom is 0.404 e. The van der Waals surface area contributed by atoms with Crippen molar-refractivity contribution in [2.45, 2.75) is 45.8 Å². The van der Waals surface area contributed by atoms with Crippen LogP contribution in [0.2, 0.25) is 0 Å². The number of hydrogen-bond acceptors (Lipinski definition) is 7. The van der Waals surface area contributed by atoms with Gasteiger partial charge >= 0.3 is 6.09 Å². The smallest absolute Gasteiger partial charge is 0.404 e. The van der Waals surface area contributed by atoms with Gasteiger partial charge in [-0.15, -0.1) is 0 Å². The maximum atomic E-state index is 10.6. The number of ether oxygens (including phenoxy) is 1. The summed E-state index contributed by atoms with van der Waals surface area (Å²) in [5.41, 5.74) is 11.1. The lowest BCUT2D eigenvalue weighted by molar-refractivity contribution is 0.113. The van der Waals surface area contributed by atoms with Gasteiger partial charge in [0, 0.05) is 18.5 Å². The predicted octanol–water partition coefficient (Wildman–Crippen LogP) is 1.55. The number of hydrogen-bond donors (Lipinski definition) is 4. The second-order valence-corrected chi connectivity index (χ2v) is 5.84. The highest BCUT2D eigenvalue weighted by molar-refractivity contribution is 5.64. The van der Waals surface area contributed by atoms with Gasteiger partial charge in [-0.2, -0.15) is 4.98 Å². The summed E-state index contributed by atoms with van der Waals surface area (Å²) in [4.78, 5) is 19.1. The highest BCUT2D eigenvalue weighted by Gasteiger charge is 2.13. The van der Waals surface area contributed by atoms with Crippen molar-refractivity contribution in [1.29, 1.82) is 0 Å². The van der Waals surface area contributed by atoms with Gasteiger partial charge in [-0.1, -0.05) is 0 Å². The lowest BCUT2D eigenvalue weighted by atomic mass is 10.1. The quantitative estimate of drug-likeness (QED) is 0.627. The van der Waals surface area contributed by atoms with Crippen molar-refractivity contribution < 1.29 is 9.53 Å². The van der Waals surface area contributed by atoms with Crippen LogP contribution < -0.4 is 22.1 Å². The highest BCUT2D eigenvalue weighted by atomic mass is 16.6. The Kier molecular flexibility index (Phi) is 5.57. The predicted molar refractivity (Wildman–Crippen MR) is 83.1 cm³/mol. The van der Waals surface area contributed by atoms with Crippen LogP contribution in [0.4, 0.5) is 22.2 Å². The Morgan fingerprint density at radius 3 is 2.71 bits per heavy atom. The van der Waals surface area contributed by atoms with Crippen LogP contribution in [0.5, 0.6) is 0 Å². The fraction of sp³-hybridized carbons (Fsp3) is 0.615. The van der Waals surface area contributed by atoms with Gasteiger partial charge in [0.15, 0.2) is 5.82 Å². The molecule has 0 fully saturated rings. The molecule has 0 saturated carbocycles. The third-order valence-corrected chi connectivity index (χ3v) is 2.46. The molecule has 8 nitrogen and oxygen atoms in total. The first kappa shape index (κ1) is 16.8. The van der Waals surface area contributed by atoms with Crippen LogP contribution in [0.25, 0.3) is 0 Å². The van der Waals surface area contributed by atoms with Gasteiger partial charge in [0.1, 0.15) is 6.10 Å². The molecule has 8 heteroatoms. The summed E-state index contributed by atoms with van der Waals surface area (Å²) in [6, 6.07) is 0. The summed E-state index contributed by atoms with van der Waals surface area (Å²) in [7, 11) is 0. The molecule has 1 atom stereocenters. The normalized spacial score (nSPS) is 12.6. The van der Waals surface area contributed by atoms with Gasteiger partial charge in [-0.05, 0) is 27.7 Å². The summed E-state index contributed by atoms with van der Waals surface area (Å²) < 4.78 is 4.83. The van der Waals surface area contributed by atoms with E-state index in [1.807, 2.05) is 20.8 Å². The van der Waals surface area contributed by atoms with E-state index in [0.717, 1.165) is 0 Å². The number of nitrogen functional groups attached to an aromatic ring is 1. The second-order valence-electron chi connectivity index (χ2n) is 5.84. The van der Waals surface area contributed by atoms with E-state index < -0.39 is 6.09 Å². The molecule has 0 radical (unpaired) electrons. The summed E-state index contributed by atoms with van der Waals surface area (Å²) in [5, 5.41) is 6.27. The first-order chi connectivity index (χ1) is 9.67. The summed E-state index contributed by atoms with van der Waals surface area (Å²) in [5.74, 6) is 1.05. The van der Waals surface area contributed by atoms with Crippen LogP contribution in [0.1, 0.15) is 34.1 Å². The van der Waals surface area contributed by atoms with Crippen LogP contribution in [0.15, 0.2) is 6.20 Å². The largest absolute Gasteiger partial charge is 0.447 e. The SMILES string of the molecule is CC(CCNc1nc(NC(C)(C)C)ncc1N)OC(N)=O. The molecule has 0 aliphatic rings. The van der Waals surface area contributed by atoms with E-state index in [4.69, 9.17) is 16.2 Å². The number of anilines is 3. The van der Waals surface area contributed by atoms with Gasteiger partial charge in [0.25, 0.3) is 0 Å². The number of nitrogens with two attached hydrogens (primary N) is 2. The topological polar surface area (TPSA) is 128 Å². The van der Waals surface area contributed by atoms with Crippen LogP contribution >= 0.6 is 0 Å². The number of nitrogens with zero attached hydrogens (tertiary/aromatic N) is 2. The van der Waals surface area contributed by atoms with Crippen molar-refractivity contribution in [1.82, 2.24) is 9.97 Å². The fourth-order valence-electron chi connectivity index (χ4n) is 1.58. The number of amides is 1. The number of rotatable bonds is 6. The average Bonchev–Trinajstić information content (AvgIpc) is 2.30. The third-order valence-electron chi connectivity index (χ3n) is 2.46. The zero-order valence-electron chi connectivity index (χ0n) is 12.9. The Bertz CT molecular complexity index is 486. The molecule has 118 valence electrons. The Morgan fingerprint density at radius 2 is 2.14 bits per heavy atom. The Hall–Kier alpha value is -2.25. The first-order valence-corrected chi connectivity index (χ1v) is 6.78. The minimum atomic E-state index is -0.777. The van der Waals surface area contributed by atoms with Crippen LogP contribution in [-0.4, -0.2) is 34.2 Å². The minimum Gasteiger partial charge on any atom is -0.447 e. The average molecular weight is 296 g/mol. The second kappa shape index (κ2) is 6.96. The maximum absolute atomic E-state index is 10.6. The molecule has 0 saturated heterocycles. The van der Waals surface area contributed by atoms with Crippen molar-refractivity contribution in [2.75, 3.05) is 22.9 Å². The molecule has 1 amide bonds. The third kappa shape index (κ3) is 6.64. The number of carbonyl (C=O) groups is 1. The molecule has 6 N–H and O–H groups in total. The summed E-state index contributed by atoms with van der Waals surface area (Å²) in [6.07, 6.45) is 1.09. The van der Waals surface area contributed by atoms with Crippen molar-refractivity contribution in [2.24, 2.45) is 5.73 Å². The summed E-state index contributed by atoms with van der Waals surface area (Å²) in [6.45, 7) is 8.36. The van der Waals surface area contributed by atoms with E-state index in [1.54, 1.807) is 13.1 Å². The zero-order valence-corrected chi connectivity index (χ0v) is 12.9. The molecule has 0 spiro atoms. The lowest BCUT2D eigenvalue weighted by Crippen LogP contribution is -2.27. The molecule has 0 aliphatic heterocycles. The Labute approximate surface area is 124 Å². The number of primary amides is 1. The van der Waals surface area contributed by atoms with Gasteiger partial charge in [0.2, 0.25) is 5.95 Å². The van der Waals surface area contributed by atoms with Crippen molar-refractivity contribution in [3.8, 4) is 0 Å². The molecule has 0 aromatic carbocycles. The molecule has 0 aliphatic carbocycles. The lowest BCUT2D eigenvalue weighted by Gasteiger charge is -2.21. The first-order valence-electron chi connectivity index (χ1n) is 6.78. The zero-order chi connectivity index (χ0) is 16.0. The molecule has 21 heavy (non-hydrogen) atoms. The van der Waals surface area contributed by atoms with Crippen molar-refractivity contribution in [3.63, 3.8) is 0 Å². The van der Waals surface area contributed by atoms with E-state index in [-0.39, 0.29) is 11.6 Å². The minimum absolute atomic E-state index is 0.142. The van der Waals surface area contributed by atoms with E-state index in [9.17, 15) is 4.79 Å². The van der Waals surface area contributed by atoms with Crippen molar-refractivity contribution in [3.05, 3.63) is 6.20 Å². The van der Waals surface area contributed by atoms with Crippen LogP contribution in [-0.2, 0) is 4.74 Å². The Balaban J connectivity index is 2.58. The van der Waals surface area contributed by atoms with Gasteiger partial charge in [-0.25, -0.2) is 9.78 Å². The van der Waals surface area contributed by atoms with Crippen molar-refractivity contribution >= 4 is 23.5 Å². The van der Waals surface area contributed by atoms with E-state index in [0.29, 0.717) is 30.4 Å². The highest BCUT2D eigenvalue weighted by Crippen LogP contribution is 2.18. The monoisotopic (exact) mass is 296 g/mol. The van der Waals surface area contributed by atoms with Crippen LogP contribution in [0, 0.1) is 0 Å². The molecule has 1 heterocycles. The van der Waals surface area contributed by atoms with Crippen LogP contribution in [0.3, 0.4) is 0 Å². The number of carbonyl (C=O) groups excluding carboxylic acids is 1. The van der Waals surface area contributed by atoms with Gasteiger partial charge in [0.05, 0.1) is 11.9 Å². The summed E-state index contributed by atoms with van der Waals surface area (Å²) >= 11 is 0. The number of aromatic nitrogens is 2.